The van der Waals surface area contributed by atoms with E-state index in [1.807, 2.05) is 31.2 Å². The number of nitrogens with one attached hydrogen (secondary N) is 1. The second-order valence-electron chi connectivity index (χ2n) is 7.16. The van der Waals surface area contributed by atoms with Crippen LogP contribution in [0.3, 0.4) is 0 Å². The Kier molecular flexibility index (Phi) is 8.13. The Morgan fingerprint density at radius 1 is 1.27 bits per heavy atom. The second-order valence-corrected chi connectivity index (χ2v) is 7.16. The highest BCUT2D eigenvalue weighted by Gasteiger charge is 2.17. The maximum atomic E-state index is 12.1. The molecule has 5 nitrogen and oxygen atoms in total. The molecule has 0 aliphatic carbocycles. The van der Waals surface area contributed by atoms with E-state index in [1.165, 1.54) is 0 Å². The summed E-state index contributed by atoms with van der Waals surface area (Å²) in [5.41, 5.74) is 2.06. The van der Waals surface area contributed by atoms with Gasteiger partial charge in [0.1, 0.15) is 5.75 Å². The number of aryl methyl sites for hydroxylation is 1. The van der Waals surface area contributed by atoms with E-state index in [4.69, 9.17) is 4.74 Å². The van der Waals surface area contributed by atoms with E-state index in [0.717, 1.165) is 56.1 Å². The smallest absolute Gasteiger partial charge is 0.244 e. The lowest BCUT2D eigenvalue weighted by molar-refractivity contribution is -0.116. The van der Waals surface area contributed by atoms with Gasteiger partial charge in [0.05, 0.1) is 7.11 Å². The number of carbonyl (C=O) groups excluding carboxylic acids is 1. The average molecular weight is 360 g/mol. The van der Waals surface area contributed by atoms with Crippen molar-refractivity contribution in [3.05, 3.63) is 35.4 Å². The van der Waals surface area contributed by atoms with Gasteiger partial charge in [-0.3, -0.25) is 4.79 Å². The molecule has 0 bridgehead atoms. The molecule has 1 heterocycles. The first-order chi connectivity index (χ1) is 12.5. The minimum Gasteiger partial charge on any atom is -0.496 e. The van der Waals surface area contributed by atoms with Gasteiger partial charge in [-0.15, -0.1) is 0 Å². The molecule has 1 aliphatic rings. The van der Waals surface area contributed by atoms with Crippen molar-refractivity contribution in [3.8, 4) is 5.75 Å². The van der Waals surface area contributed by atoms with Crippen molar-refractivity contribution in [3.63, 3.8) is 0 Å². The molecule has 1 aliphatic heterocycles. The zero-order valence-electron chi connectivity index (χ0n) is 16.6. The Morgan fingerprint density at radius 3 is 2.62 bits per heavy atom. The summed E-state index contributed by atoms with van der Waals surface area (Å²) >= 11 is 0. The summed E-state index contributed by atoms with van der Waals surface area (Å²) in [7, 11) is 1.64. The van der Waals surface area contributed by atoms with Gasteiger partial charge in [-0.2, -0.15) is 0 Å². The number of carbonyl (C=O) groups is 1. The first kappa shape index (κ1) is 20.5. The van der Waals surface area contributed by atoms with Crippen molar-refractivity contribution >= 4 is 12.0 Å². The first-order valence-corrected chi connectivity index (χ1v) is 9.57. The van der Waals surface area contributed by atoms with Gasteiger partial charge in [-0.05, 0) is 37.6 Å². The van der Waals surface area contributed by atoms with Gasteiger partial charge < -0.3 is 19.9 Å². The minimum absolute atomic E-state index is 0.0591. The highest BCUT2D eigenvalue weighted by atomic mass is 16.5. The van der Waals surface area contributed by atoms with Crippen LogP contribution >= 0.6 is 0 Å². The van der Waals surface area contributed by atoms with Crippen molar-refractivity contribution in [2.45, 2.75) is 20.8 Å². The summed E-state index contributed by atoms with van der Waals surface area (Å²) < 4.78 is 5.34. The van der Waals surface area contributed by atoms with Crippen molar-refractivity contribution < 1.29 is 9.53 Å². The summed E-state index contributed by atoms with van der Waals surface area (Å²) in [6.45, 7) is 13.9. The fourth-order valence-corrected chi connectivity index (χ4v) is 3.28. The number of hydrogen-bond acceptors (Lipinski definition) is 4. The van der Waals surface area contributed by atoms with Crippen molar-refractivity contribution in [1.82, 2.24) is 15.1 Å². The molecule has 0 saturated carbocycles. The molecule has 1 atom stereocenters. The van der Waals surface area contributed by atoms with E-state index in [9.17, 15) is 4.79 Å². The van der Waals surface area contributed by atoms with Crippen LogP contribution in [0, 0.1) is 12.8 Å². The summed E-state index contributed by atoms with van der Waals surface area (Å²) in [6.07, 6.45) is 3.40. The van der Waals surface area contributed by atoms with Gasteiger partial charge in [0.15, 0.2) is 0 Å². The lowest BCUT2D eigenvalue weighted by Gasteiger charge is -2.35. The lowest BCUT2D eigenvalue weighted by Crippen LogP contribution is -2.48. The van der Waals surface area contributed by atoms with E-state index in [1.54, 1.807) is 13.2 Å². The van der Waals surface area contributed by atoms with Crippen LogP contribution in [0.25, 0.3) is 6.08 Å². The number of piperazine rings is 1. The summed E-state index contributed by atoms with van der Waals surface area (Å²) in [5, 5.41) is 3.01. The molecule has 1 saturated heterocycles. The third-order valence-electron chi connectivity index (χ3n) is 4.91. The third kappa shape index (κ3) is 6.46. The Balaban J connectivity index is 1.75. The predicted octanol–water partition coefficient (Wildman–Crippen LogP) is 2.41. The zero-order valence-corrected chi connectivity index (χ0v) is 16.6. The normalized spacial score (nSPS) is 17.4. The van der Waals surface area contributed by atoms with E-state index < -0.39 is 0 Å². The van der Waals surface area contributed by atoms with Gasteiger partial charge in [-0.1, -0.05) is 25.5 Å². The molecule has 5 heteroatoms. The van der Waals surface area contributed by atoms with Gasteiger partial charge in [0, 0.05) is 50.9 Å². The topological polar surface area (TPSA) is 44.8 Å². The average Bonchev–Trinajstić information content (AvgIpc) is 2.65. The third-order valence-corrected chi connectivity index (χ3v) is 4.91. The van der Waals surface area contributed by atoms with Crippen LogP contribution in [0.1, 0.15) is 25.0 Å². The minimum atomic E-state index is -0.0591. The molecular weight excluding hydrogens is 326 g/mol. The van der Waals surface area contributed by atoms with E-state index in [0.29, 0.717) is 12.5 Å². The number of hydrogen-bond donors (Lipinski definition) is 1. The van der Waals surface area contributed by atoms with Gasteiger partial charge >= 0.3 is 0 Å². The highest BCUT2D eigenvalue weighted by molar-refractivity contribution is 5.92. The Bertz CT molecular complexity index is 607. The van der Waals surface area contributed by atoms with Gasteiger partial charge in [0.2, 0.25) is 5.91 Å². The molecule has 1 aromatic rings. The Morgan fingerprint density at radius 2 is 1.96 bits per heavy atom. The summed E-state index contributed by atoms with van der Waals surface area (Å²) in [6, 6.07) is 5.94. The van der Waals surface area contributed by atoms with Crippen LogP contribution in [-0.2, 0) is 4.79 Å². The molecule has 1 fully saturated rings. The van der Waals surface area contributed by atoms with Crippen molar-refractivity contribution in [2.24, 2.45) is 5.92 Å². The van der Waals surface area contributed by atoms with Crippen LogP contribution in [0.15, 0.2) is 24.3 Å². The molecule has 1 N–H and O–H groups in total. The Labute approximate surface area is 158 Å². The van der Waals surface area contributed by atoms with Crippen LogP contribution < -0.4 is 10.1 Å². The highest BCUT2D eigenvalue weighted by Crippen LogP contribution is 2.20. The molecule has 1 amide bonds. The molecule has 1 unspecified atom stereocenters. The van der Waals surface area contributed by atoms with Gasteiger partial charge in [0.25, 0.3) is 0 Å². The molecule has 0 radical (unpaired) electrons. The number of rotatable bonds is 8. The fourth-order valence-electron chi connectivity index (χ4n) is 3.28. The van der Waals surface area contributed by atoms with Crippen LogP contribution in [0.2, 0.25) is 0 Å². The van der Waals surface area contributed by atoms with E-state index in [-0.39, 0.29) is 5.91 Å². The quantitative estimate of drug-likeness (QED) is 0.724. The number of ether oxygens (including phenoxy) is 1. The predicted molar refractivity (Wildman–Crippen MR) is 107 cm³/mol. The number of likely N-dealkylation sites (N-methyl/N-ethyl adjacent to an activating group) is 1. The number of methoxy groups -OCH3 is 1. The van der Waals surface area contributed by atoms with E-state index in [2.05, 4.69) is 29.0 Å². The SMILES string of the molecule is CCN1CCN(CC(C)CNC(=O)C=Cc2cc(C)ccc2OC)CC1. The molecule has 0 spiro atoms. The summed E-state index contributed by atoms with van der Waals surface area (Å²) in [5.74, 6) is 1.16. The van der Waals surface area contributed by atoms with Crippen LogP contribution in [0.5, 0.6) is 5.75 Å². The largest absolute Gasteiger partial charge is 0.496 e. The first-order valence-electron chi connectivity index (χ1n) is 9.57. The second kappa shape index (κ2) is 10.3. The molecule has 144 valence electrons. The molecular formula is C21H33N3O2. The molecule has 0 aromatic heterocycles. The molecule has 26 heavy (non-hydrogen) atoms. The maximum Gasteiger partial charge on any atom is 0.244 e. The van der Waals surface area contributed by atoms with Crippen molar-refractivity contribution in [1.29, 1.82) is 0 Å². The Hall–Kier alpha value is -1.85. The molecule has 1 aromatic carbocycles. The monoisotopic (exact) mass is 359 g/mol. The molecule has 2 rings (SSSR count). The summed E-state index contributed by atoms with van der Waals surface area (Å²) in [4.78, 5) is 17.1. The maximum absolute atomic E-state index is 12.1. The number of amides is 1. The van der Waals surface area contributed by atoms with Gasteiger partial charge in [-0.25, -0.2) is 0 Å². The standard InChI is InChI=1S/C21H33N3O2/c1-5-23-10-12-24(13-11-23)16-18(3)15-22-21(25)9-7-19-14-17(2)6-8-20(19)26-4/h6-9,14,18H,5,10-13,15-16H2,1-4H3,(H,22,25). The van der Waals surface area contributed by atoms with Crippen molar-refractivity contribution in [2.75, 3.05) is 52.9 Å². The number of nitrogens with zero attached hydrogens (tertiary/aromatic N) is 2. The van der Waals surface area contributed by atoms with Crippen LogP contribution in [-0.4, -0.2) is 68.6 Å². The van der Waals surface area contributed by atoms with E-state index >= 15 is 0 Å². The van der Waals surface area contributed by atoms with Crippen LogP contribution in [0.4, 0.5) is 0 Å². The fraction of sp³-hybridized carbons (Fsp3) is 0.571. The number of benzene rings is 1. The zero-order chi connectivity index (χ0) is 18.9. The lowest BCUT2D eigenvalue weighted by atomic mass is 10.1.